The third-order valence-electron chi connectivity index (χ3n) is 5.58. The zero-order valence-corrected chi connectivity index (χ0v) is 15.7. The van der Waals surface area contributed by atoms with E-state index in [2.05, 4.69) is 5.32 Å². The lowest BCUT2D eigenvalue weighted by Gasteiger charge is -2.32. The van der Waals surface area contributed by atoms with Gasteiger partial charge in [-0.1, -0.05) is 12.8 Å². The summed E-state index contributed by atoms with van der Waals surface area (Å²) in [7, 11) is 0. The second kappa shape index (κ2) is 7.66. The summed E-state index contributed by atoms with van der Waals surface area (Å²) < 4.78 is 1.98. The lowest BCUT2D eigenvalue weighted by atomic mass is 9.95. The van der Waals surface area contributed by atoms with E-state index in [1.54, 1.807) is 0 Å². The molecule has 0 radical (unpaired) electrons. The van der Waals surface area contributed by atoms with Gasteiger partial charge in [0.25, 0.3) is 5.91 Å². The maximum Gasteiger partial charge on any atom is 0.266 e. The second-order valence-corrected chi connectivity index (χ2v) is 8.20. The van der Waals surface area contributed by atoms with Gasteiger partial charge < -0.3 is 14.8 Å². The van der Waals surface area contributed by atoms with E-state index in [1.807, 2.05) is 45.4 Å². The Morgan fingerprint density at radius 1 is 1.04 bits per heavy atom. The molecule has 2 aromatic rings. The number of likely N-dealkylation sites (tertiary alicyclic amines) is 1. The van der Waals surface area contributed by atoms with E-state index >= 15 is 0 Å². The zero-order valence-electron chi connectivity index (χ0n) is 14.9. The first kappa shape index (κ1) is 17.3. The first-order chi connectivity index (χ1) is 12.7. The predicted octanol–water partition coefficient (Wildman–Crippen LogP) is 3.45. The van der Waals surface area contributed by atoms with Crippen molar-refractivity contribution in [2.45, 2.75) is 44.6 Å². The molecule has 0 unspecified atom stereocenters. The van der Waals surface area contributed by atoms with Gasteiger partial charge >= 0.3 is 0 Å². The molecule has 1 saturated carbocycles. The van der Waals surface area contributed by atoms with E-state index in [9.17, 15) is 9.59 Å². The molecule has 2 aliphatic rings. The molecule has 0 bridgehead atoms. The van der Waals surface area contributed by atoms with Gasteiger partial charge in [-0.05, 0) is 49.3 Å². The van der Waals surface area contributed by atoms with Gasteiger partial charge in [0.15, 0.2) is 0 Å². The molecule has 4 rings (SSSR count). The fraction of sp³-hybridized carbons (Fsp3) is 0.500. The summed E-state index contributed by atoms with van der Waals surface area (Å²) in [5.74, 6) is 0.318. The Balaban J connectivity index is 1.35. The predicted molar refractivity (Wildman–Crippen MR) is 103 cm³/mol. The van der Waals surface area contributed by atoms with Crippen LogP contribution >= 0.6 is 11.3 Å². The minimum Gasteiger partial charge on any atom is -0.353 e. The molecule has 26 heavy (non-hydrogen) atoms. The van der Waals surface area contributed by atoms with Crippen molar-refractivity contribution in [3.63, 3.8) is 0 Å². The summed E-state index contributed by atoms with van der Waals surface area (Å²) in [5, 5.41) is 5.17. The zero-order chi connectivity index (χ0) is 17.9. The lowest BCUT2D eigenvalue weighted by molar-refractivity contribution is -0.127. The molecule has 0 aromatic carbocycles. The number of rotatable bonds is 4. The molecule has 1 N–H and O–H groups in total. The summed E-state index contributed by atoms with van der Waals surface area (Å²) in [6, 6.07) is 6.28. The van der Waals surface area contributed by atoms with Crippen LogP contribution in [0.15, 0.2) is 36.0 Å². The van der Waals surface area contributed by atoms with E-state index in [1.165, 1.54) is 24.2 Å². The van der Waals surface area contributed by atoms with Crippen LogP contribution in [-0.2, 0) is 4.79 Å². The highest BCUT2D eigenvalue weighted by Gasteiger charge is 2.30. The molecule has 6 heteroatoms. The fourth-order valence-corrected chi connectivity index (χ4v) is 4.90. The summed E-state index contributed by atoms with van der Waals surface area (Å²) in [6.07, 6.45) is 10.1. The average molecular weight is 372 g/mol. The monoisotopic (exact) mass is 371 g/mol. The van der Waals surface area contributed by atoms with Crippen LogP contribution in [0.1, 0.15) is 48.2 Å². The molecule has 2 amide bonds. The van der Waals surface area contributed by atoms with Crippen molar-refractivity contribution < 1.29 is 9.59 Å². The number of carbonyl (C=O) groups excluding carboxylic acids is 2. The van der Waals surface area contributed by atoms with Gasteiger partial charge in [-0.2, -0.15) is 0 Å². The van der Waals surface area contributed by atoms with Crippen LogP contribution in [0.5, 0.6) is 0 Å². The molecule has 2 fully saturated rings. The molecule has 138 valence electrons. The first-order valence-corrected chi connectivity index (χ1v) is 10.4. The Bertz CT molecular complexity index is 754. The number of nitrogens with zero attached hydrogens (tertiary/aromatic N) is 2. The maximum absolute atomic E-state index is 13.0. The highest BCUT2D eigenvalue weighted by Crippen LogP contribution is 2.26. The molecular formula is C20H25N3O2S. The molecule has 0 atom stereocenters. The quantitative estimate of drug-likeness (QED) is 0.895. The summed E-state index contributed by atoms with van der Waals surface area (Å²) in [4.78, 5) is 28.1. The van der Waals surface area contributed by atoms with Crippen molar-refractivity contribution in [2.75, 3.05) is 13.1 Å². The van der Waals surface area contributed by atoms with E-state index in [4.69, 9.17) is 0 Å². The van der Waals surface area contributed by atoms with Gasteiger partial charge in [0.1, 0.15) is 4.88 Å². The Morgan fingerprint density at radius 3 is 2.42 bits per heavy atom. The Kier molecular flexibility index (Phi) is 5.11. The molecule has 1 saturated heterocycles. The van der Waals surface area contributed by atoms with Crippen LogP contribution in [0.25, 0.3) is 5.69 Å². The largest absolute Gasteiger partial charge is 0.353 e. The van der Waals surface area contributed by atoms with Gasteiger partial charge in [-0.25, -0.2) is 0 Å². The highest BCUT2D eigenvalue weighted by atomic mass is 32.1. The number of carbonyl (C=O) groups is 2. The Morgan fingerprint density at radius 2 is 1.73 bits per heavy atom. The number of thiophene rings is 1. The smallest absolute Gasteiger partial charge is 0.266 e. The van der Waals surface area contributed by atoms with Crippen LogP contribution in [-0.4, -0.2) is 40.4 Å². The van der Waals surface area contributed by atoms with E-state index in [0.29, 0.717) is 19.1 Å². The van der Waals surface area contributed by atoms with E-state index in [0.717, 1.165) is 36.2 Å². The third kappa shape index (κ3) is 3.56. The lowest BCUT2D eigenvalue weighted by Crippen LogP contribution is -2.44. The average Bonchev–Trinajstić information content (AvgIpc) is 3.41. The van der Waals surface area contributed by atoms with Crippen molar-refractivity contribution in [1.82, 2.24) is 14.8 Å². The Labute approximate surface area is 158 Å². The highest BCUT2D eigenvalue weighted by molar-refractivity contribution is 7.12. The topological polar surface area (TPSA) is 54.3 Å². The fourth-order valence-electron chi connectivity index (χ4n) is 4.04. The van der Waals surface area contributed by atoms with Crippen LogP contribution in [0.4, 0.5) is 0 Å². The number of aromatic nitrogens is 1. The van der Waals surface area contributed by atoms with Crippen LogP contribution in [0.3, 0.4) is 0 Å². The molecule has 0 spiro atoms. The van der Waals surface area contributed by atoms with E-state index in [-0.39, 0.29) is 17.7 Å². The van der Waals surface area contributed by atoms with Crippen molar-refractivity contribution in [3.8, 4) is 5.69 Å². The molecule has 1 aliphatic carbocycles. The van der Waals surface area contributed by atoms with Gasteiger partial charge in [0.2, 0.25) is 5.91 Å². The molecule has 5 nitrogen and oxygen atoms in total. The minimum absolute atomic E-state index is 0.0481. The van der Waals surface area contributed by atoms with Crippen LogP contribution in [0, 0.1) is 5.92 Å². The number of hydrogen-bond donors (Lipinski definition) is 1. The number of amides is 2. The molecule has 2 aromatic heterocycles. The maximum atomic E-state index is 13.0. The number of piperidine rings is 1. The first-order valence-electron chi connectivity index (χ1n) is 9.53. The SMILES string of the molecule is O=C(NC1CCCC1)C1CCN(C(=O)c2sccc2-n2cccc2)CC1. The van der Waals surface area contributed by atoms with Gasteiger partial charge in [-0.15, -0.1) is 11.3 Å². The van der Waals surface area contributed by atoms with Crippen molar-refractivity contribution >= 4 is 23.2 Å². The van der Waals surface area contributed by atoms with Crippen molar-refractivity contribution in [2.24, 2.45) is 5.92 Å². The standard InChI is InChI=1S/C20H25N3O2S/c24-19(21-16-5-1-2-6-16)15-7-12-23(13-8-15)20(25)18-17(9-14-26-18)22-10-3-4-11-22/h3-4,9-11,14-16H,1-2,5-8,12-13H2,(H,21,24). The van der Waals surface area contributed by atoms with Crippen molar-refractivity contribution in [3.05, 3.63) is 40.8 Å². The summed E-state index contributed by atoms with van der Waals surface area (Å²) in [6.45, 7) is 1.31. The van der Waals surface area contributed by atoms with Crippen LogP contribution < -0.4 is 5.32 Å². The van der Waals surface area contributed by atoms with E-state index < -0.39 is 0 Å². The minimum atomic E-state index is 0.0481. The number of nitrogens with one attached hydrogen (secondary N) is 1. The summed E-state index contributed by atoms with van der Waals surface area (Å²) >= 11 is 1.49. The Hall–Kier alpha value is -2.08. The second-order valence-electron chi connectivity index (χ2n) is 7.28. The van der Waals surface area contributed by atoms with Crippen LogP contribution in [0.2, 0.25) is 0 Å². The molecule has 1 aliphatic heterocycles. The normalized spacial score (nSPS) is 19.0. The third-order valence-corrected chi connectivity index (χ3v) is 6.47. The van der Waals surface area contributed by atoms with Crippen molar-refractivity contribution in [1.29, 1.82) is 0 Å². The van der Waals surface area contributed by atoms with Gasteiger partial charge in [0, 0.05) is 37.4 Å². The number of hydrogen-bond acceptors (Lipinski definition) is 3. The summed E-state index contributed by atoms with van der Waals surface area (Å²) in [5.41, 5.74) is 0.936. The van der Waals surface area contributed by atoms with Gasteiger partial charge in [-0.3, -0.25) is 9.59 Å². The molecular weight excluding hydrogens is 346 g/mol. The van der Waals surface area contributed by atoms with Gasteiger partial charge in [0.05, 0.1) is 5.69 Å². The molecule has 3 heterocycles.